The Kier molecular flexibility index (Phi) is 9.49. The smallest absolute Gasteiger partial charge is 0.0433 e. The van der Waals surface area contributed by atoms with Crippen molar-refractivity contribution in [2.75, 3.05) is 6.61 Å². The minimum absolute atomic E-state index is 0.359. The Bertz CT molecular complexity index is 112. The van der Waals surface area contributed by atoms with Gasteiger partial charge in [0, 0.05) is 6.61 Å². The second kappa shape index (κ2) is 9.51. The topological polar surface area (TPSA) is 20.2 Å². The van der Waals surface area contributed by atoms with E-state index in [0.717, 1.165) is 18.3 Å². The molecular weight excluding hydrogens is 172 g/mol. The Morgan fingerprint density at radius 2 is 1.71 bits per heavy atom. The predicted octanol–water partition coefficient (Wildman–Crippen LogP) is 4.00. The zero-order valence-corrected chi connectivity index (χ0v) is 10.3. The molecule has 0 saturated heterocycles. The SMILES string of the molecule is CCCCCCC(C)C(CC)CCO. The maximum absolute atomic E-state index is 8.93. The number of unbranched alkanes of at least 4 members (excludes halogenated alkanes) is 3. The second-order valence-electron chi connectivity index (χ2n) is 4.51. The summed E-state index contributed by atoms with van der Waals surface area (Å²) in [6.45, 7) is 7.19. The van der Waals surface area contributed by atoms with Crippen molar-refractivity contribution in [1.29, 1.82) is 0 Å². The summed E-state index contributed by atoms with van der Waals surface area (Å²) < 4.78 is 0. The summed E-state index contributed by atoms with van der Waals surface area (Å²) in [5.41, 5.74) is 0. The minimum atomic E-state index is 0.359. The third-order valence-corrected chi connectivity index (χ3v) is 3.34. The molecule has 0 aromatic carbocycles. The van der Waals surface area contributed by atoms with Crippen LogP contribution in [-0.4, -0.2) is 11.7 Å². The van der Waals surface area contributed by atoms with Gasteiger partial charge in [0.15, 0.2) is 0 Å². The third kappa shape index (κ3) is 6.42. The quantitative estimate of drug-likeness (QED) is 0.558. The van der Waals surface area contributed by atoms with Crippen LogP contribution in [-0.2, 0) is 0 Å². The Hall–Kier alpha value is -0.0400. The molecule has 2 unspecified atom stereocenters. The van der Waals surface area contributed by atoms with Crippen LogP contribution in [0, 0.1) is 11.8 Å². The molecular formula is C13H28O. The molecule has 1 N–H and O–H groups in total. The summed E-state index contributed by atoms with van der Waals surface area (Å²) >= 11 is 0. The zero-order chi connectivity index (χ0) is 10.8. The minimum Gasteiger partial charge on any atom is -0.396 e. The van der Waals surface area contributed by atoms with Crippen LogP contribution in [0.1, 0.15) is 65.7 Å². The lowest BCUT2D eigenvalue weighted by atomic mass is 9.85. The molecule has 0 fully saturated rings. The van der Waals surface area contributed by atoms with Crippen molar-refractivity contribution >= 4 is 0 Å². The van der Waals surface area contributed by atoms with E-state index in [-0.39, 0.29) is 0 Å². The van der Waals surface area contributed by atoms with Crippen LogP contribution in [0.2, 0.25) is 0 Å². The van der Waals surface area contributed by atoms with Crippen LogP contribution in [0.25, 0.3) is 0 Å². The Balaban J connectivity index is 3.52. The second-order valence-corrected chi connectivity index (χ2v) is 4.51. The van der Waals surface area contributed by atoms with Crippen molar-refractivity contribution in [1.82, 2.24) is 0 Å². The highest BCUT2D eigenvalue weighted by Crippen LogP contribution is 2.24. The first-order valence-corrected chi connectivity index (χ1v) is 6.37. The monoisotopic (exact) mass is 200 g/mol. The fourth-order valence-electron chi connectivity index (χ4n) is 2.19. The Labute approximate surface area is 89.9 Å². The fourth-order valence-corrected chi connectivity index (χ4v) is 2.19. The molecule has 0 aliphatic carbocycles. The van der Waals surface area contributed by atoms with Gasteiger partial charge in [-0.2, -0.15) is 0 Å². The van der Waals surface area contributed by atoms with Crippen molar-refractivity contribution in [3.63, 3.8) is 0 Å². The molecule has 1 nitrogen and oxygen atoms in total. The number of aliphatic hydroxyl groups excluding tert-OH is 1. The molecule has 0 aromatic rings. The van der Waals surface area contributed by atoms with Gasteiger partial charge in [-0.3, -0.25) is 0 Å². The van der Waals surface area contributed by atoms with E-state index in [2.05, 4.69) is 20.8 Å². The van der Waals surface area contributed by atoms with E-state index < -0.39 is 0 Å². The first kappa shape index (κ1) is 14.0. The van der Waals surface area contributed by atoms with Gasteiger partial charge in [0.1, 0.15) is 0 Å². The molecule has 0 heterocycles. The van der Waals surface area contributed by atoms with Gasteiger partial charge < -0.3 is 5.11 Å². The van der Waals surface area contributed by atoms with Gasteiger partial charge in [-0.15, -0.1) is 0 Å². The highest BCUT2D eigenvalue weighted by Gasteiger charge is 2.13. The average Bonchev–Trinajstić information content (AvgIpc) is 2.20. The van der Waals surface area contributed by atoms with Crippen LogP contribution < -0.4 is 0 Å². The fraction of sp³-hybridized carbons (Fsp3) is 1.00. The van der Waals surface area contributed by atoms with Gasteiger partial charge in [-0.25, -0.2) is 0 Å². The van der Waals surface area contributed by atoms with E-state index in [9.17, 15) is 0 Å². The van der Waals surface area contributed by atoms with Crippen LogP contribution in [0.5, 0.6) is 0 Å². The summed E-state index contributed by atoms with van der Waals surface area (Å²) in [4.78, 5) is 0. The lowest BCUT2D eigenvalue weighted by Gasteiger charge is -2.21. The molecule has 2 atom stereocenters. The van der Waals surface area contributed by atoms with Crippen molar-refractivity contribution < 1.29 is 5.11 Å². The van der Waals surface area contributed by atoms with Crippen LogP contribution >= 0.6 is 0 Å². The zero-order valence-electron chi connectivity index (χ0n) is 10.3. The van der Waals surface area contributed by atoms with E-state index in [1.165, 1.54) is 38.5 Å². The van der Waals surface area contributed by atoms with E-state index in [1.807, 2.05) is 0 Å². The summed E-state index contributed by atoms with van der Waals surface area (Å²) in [5.74, 6) is 1.53. The van der Waals surface area contributed by atoms with E-state index in [4.69, 9.17) is 5.11 Å². The molecule has 14 heavy (non-hydrogen) atoms. The van der Waals surface area contributed by atoms with Gasteiger partial charge in [-0.05, 0) is 18.3 Å². The van der Waals surface area contributed by atoms with E-state index in [1.54, 1.807) is 0 Å². The molecule has 0 aliphatic heterocycles. The molecule has 86 valence electrons. The lowest BCUT2D eigenvalue weighted by Crippen LogP contribution is -2.12. The summed E-state index contributed by atoms with van der Waals surface area (Å²) in [6, 6.07) is 0. The first-order valence-electron chi connectivity index (χ1n) is 6.37. The summed E-state index contributed by atoms with van der Waals surface area (Å²) in [7, 11) is 0. The van der Waals surface area contributed by atoms with Crippen molar-refractivity contribution in [2.24, 2.45) is 11.8 Å². The summed E-state index contributed by atoms with van der Waals surface area (Å²) in [6.07, 6.45) is 9.01. The first-order chi connectivity index (χ1) is 6.76. The summed E-state index contributed by atoms with van der Waals surface area (Å²) in [5, 5.41) is 8.93. The molecule has 0 aromatic heterocycles. The van der Waals surface area contributed by atoms with Gasteiger partial charge in [0.05, 0.1) is 0 Å². The molecule has 0 spiro atoms. The highest BCUT2D eigenvalue weighted by molar-refractivity contribution is 4.65. The standard InChI is InChI=1S/C13H28O/c1-4-6-7-8-9-12(3)13(5-2)10-11-14/h12-14H,4-11H2,1-3H3. The van der Waals surface area contributed by atoms with Gasteiger partial charge >= 0.3 is 0 Å². The molecule has 0 aliphatic rings. The average molecular weight is 200 g/mol. The van der Waals surface area contributed by atoms with Gasteiger partial charge in [0.25, 0.3) is 0 Å². The van der Waals surface area contributed by atoms with E-state index >= 15 is 0 Å². The maximum Gasteiger partial charge on any atom is 0.0433 e. The number of hydrogen-bond acceptors (Lipinski definition) is 1. The van der Waals surface area contributed by atoms with Gasteiger partial charge in [-0.1, -0.05) is 59.3 Å². The molecule has 0 saturated carbocycles. The van der Waals surface area contributed by atoms with Crippen LogP contribution in [0.15, 0.2) is 0 Å². The van der Waals surface area contributed by atoms with Crippen molar-refractivity contribution in [2.45, 2.75) is 65.7 Å². The largest absolute Gasteiger partial charge is 0.396 e. The third-order valence-electron chi connectivity index (χ3n) is 3.34. The predicted molar refractivity (Wildman–Crippen MR) is 63.4 cm³/mol. The molecule has 0 amide bonds. The van der Waals surface area contributed by atoms with Crippen LogP contribution in [0.3, 0.4) is 0 Å². The Morgan fingerprint density at radius 3 is 2.21 bits per heavy atom. The van der Waals surface area contributed by atoms with Crippen LogP contribution in [0.4, 0.5) is 0 Å². The number of aliphatic hydroxyl groups is 1. The van der Waals surface area contributed by atoms with Gasteiger partial charge in [0.2, 0.25) is 0 Å². The lowest BCUT2D eigenvalue weighted by molar-refractivity contribution is 0.214. The highest BCUT2D eigenvalue weighted by atomic mass is 16.3. The normalized spacial score (nSPS) is 15.4. The maximum atomic E-state index is 8.93. The van der Waals surface area contributed by atoms with E-state index in [0.29, 0.717) is 6.61 Å². The molecule has 0 radical (unpaired) electrons. The van der Waals surface area contributed by atoms with Crippen molar-refractivity contribution in [3.05, 3.63) is 0 Å². The molecule has 1 heteroatoms. The molecule has 0 rings (SSSR count). The Morgan fingerprint density at radius 1 is 1.00 bits per heavy atom. The number of rotatable bonds is 9. The van der Waals surface area contributed by atoms with Crippen molar-refractivity contribution in [3.8, 4) is 0 Å². The number of hydrogen-bond donors (Lipinski definition) is 1. The molecule has 0 bridgehead atoms.